The molecule has 0 saturated heterocycles. The van der Waals surface area contributed by atoms with Crippen LogP contribution in [-0.2, 0) is 13.0 Å². The van der Waals surface area contributed by atoms with Crippen LogP contribution in [0.25, 0.3) is 11.4 Å². The molecule has 0 atom stereocenters. The number of aromatic nitrogens is 2. The average molecular weight is 532 g/mol. The third kappa shape index (κ3) is 6.75. The molecule has 0 bridgehead atoms. The summed E-state index contributed by atoms with van der Waals surface area (Å²) in [5, 5.41) is 11.3. The maximum Gasteiger partial charge on any atom is 0.228 e. The maximum absolute atomic E-state index is 5.91. The molecule has 0 spiro atoms. The summed E-state index contributed by atoms with van der Waals surface area (Å²) in [6.07, 6.45) is 0.614. The van der Waals surface area contributed by atoms with E-state index in [9.17, 15) is 0 Å². The van der Waals surface area contributed by atoms with E-state index in [1.54, 1.807) is 11.3 Å². The Hall–Kier alpha value is -1.65. The molecule has 0 fully saturated rings. The molecule has 3 rings (SSSR count). The zero-order valence-corrected chi connectivity index (χ0v) is 19.6. The fourth-order valence-electron chi connectivity index (χ4n) is 2.43. The summed E-state index contributed by atoms with van der Waals surface area (Å²) in [5.41, 5.74) is 0.878. The molecule has 2 aromatic heterocycles. The number of benzene rings is 1. The Morgan fingerprint density at radius 2 is 1.96 bits per heavy atom. The van der Waals surface area contributed by atoms with Crippen molar-refractivity contribution in [3.05, 3.63) is 57.1 Å². The Kier molecular flexibility index (Phi) is 9.20. The zero-order chi connectivity index (χ0) is 19.1. The second kappa shape index (κ2) is 11.4. The third-order valence-electron chi connectivity index (χ3n) is 3.74. The van der Waals surface area contributed by atoms with E-state index in [2.05, 4.69) is 44.8 Å². The lowest BCUT2D eigenvalue weighted by Gasteiger charge is -2.09. The topological polar surface area (TPSA) is 75.3 Å². The minimum absolute atomic E-state index is 0. The molecule has 28 heavy (non-hydrogen) atoms. The molecule has 1 aromatic carbocycles. The van der Waals surface area contributed by atoms with E-state index in [0.29, 0.717) is 36.2 Å². The number of nitrogens with zero attached hydrogens (tertiary/aromatic N) is 3. The van der Waals surface area contributed by atoms with Gasteiger partial charge in [0.05, 0.1) is 6.54 Å². The number of guanidine groups is 1. The van der Waals surface area contributed by atoms with Gasteiger partial charge in [-0.25, -0.2) is 4.99 Å². The van der Waals surface area contributed by atoms with E-state index in [-0.39, 0.29) is 24.0 Å². The number of thiophene rings is 1. The molecular weight excluding hydrogens is 509 g/mol. The van der Waals surface area contributed by atoms with Crippen LogP contribution in [0, 0.1) is 6.92 Å². The SMILES string of the molecule is CCNC(=NCc1ccc(C)s1)NCCc1nc(-c2ccc(Cl)cc2)no1.I. The monoisotopic (exact) mass is 531 g/mol. The molecule has 3 aromatic rings. The fourth-order valence-corrected chi connectivity index (χ4v) is 3.37. The predicted octanol–water partition coefficient (Wildman–Crippen LogP) is 4.68. The highest BCUT2D eigenvalue weighted by Gasteiger charge is 2.09. The number of aliphatic imine (C=N–C) groups is 1. The van der Waals surface area contributed by atoms with Gasteiger partial charge in [-0.2, -0.15) is 4.98 Å². The highest BCUT2D eigenvalue weighted by atomic mass is 127. The van der Waals surface area contributed by atoms with Gasteiger partial charge in [0.15, 0.2) is 5.96 Å². The van der Waals surface area contributed by atoms with Crippen molar-refractivity contribution >= 4 is 52.9 Å². The Labute approximate surface area is 190 Å². The minimum atomic E-state index is 0. The van der Waals surface area contributed by atoms with Crippen LogP contribution in [-0.4, -0.2) is 29.2 Å². The van der Waals surface area contributed by atoms with Crippen LogP contribution in [0.2, 0.25) is 5.02 Å². The molecule has 0 amide bonds. The van der Waals surface area contributed by atoms with Crippen LogP contribution in [0.5, 0.6) is 0 Å². The van der Waals surface area contributed by atoms with Gasteiger partial charge >= 0.3 is 0 Å². The Balaban J connectivity index is 0.00000280. The minimum Gasteiger partial charge on any atom is -0.357 e. The largest absolute Gasteiger partial charge is 0.357 e. The van der Waals surface area contributed by atoms with Gasteiger partial charge < -0.3 is 15.2 Å². The molecule has 2 N–H and O–H groups in total. The summed E-state index contributed by atoms with van der Waals surface area (Å²) in [6, 6.07) is 11.6. The molecule has 150 valence electrons. The van der Waals surface area contributed by atoms with Crippen molar-refractivity contribution in [2.45, 2.75) is 26.8 Å². The molecule has 2 heterocycles. The van der Waals surface area contributed by atoms with Crippen molar-refractivity contribution in [3.8, 4) is 11.4 Å². The first-order chi connectivity index (χ1) is 13.1. The van der Waals surface area contributed by atoms with Gasteiger partial charge in [0.25, 0.3) is 0 Å². The van der Waals surface area contributed by atoms with Crippen molar-refractivity contribution in [2.24, 2.45) is 4.99 Å². The number of rotatable bonds is 7. The van der Waals surface area contributed by atoms with Crippen molar-refractivity contribution < 1.29 is 4.52 Å². The maximum atomic E-state index is 5.91. The molecule has 0 saturated carbocycles. The smallest absolute Gasteiger partial charge is 0.228 e. The van der Waals surface area contributed by atoms with Gasteiger partial charge in [0, 0.05) is 39.9 Å². The predicted molar refractivity (Wildman–Crippen MR) is 126 cm³/mol. The van der Waals surface area contributed by atoms with E-state index in [1.807, 2.05) is 31.2 Å². The van der Waals surface area contributed by atoms with E-state index < -0.39 is 0 Å². The number of halogens is 2. The van der Waals surface area contributed by atoms with Crippen molar-refractivity contribution in [1.82, 2.24) is 20.8 Å². The van der Waals surface area contributed by atoms with Gasteiger partial charge in [-0.15, -0.1) is 35.3 Å². The highest BCUT2D eigenvalue weighted by Crippen LogP contribution is 2.18. The van der Waals surface area contributed by atoms with Crippen molar-refractivity contribution in [2.75, 3.05) is 13.1 Å². The molecule has 0 aliphatic heterocycles. The van der Waals surface area contributed by atoms with E-state index in [4.69, 9.17) is 16.1 Å². The first kappa shape index (κ1) is 22.6. The summed E-state index contributed by atoms with van der Waals surface area (Å²) in [4.78, 5) is 11.6. The lowest BCUT2D eigenvalue weighted by molar-refractivity contribution is 0.378. The number of aryl methyl sites for hydroxylation is 1. The van der Waals surface area contributed by atoms with Crippen molar-refractivity contribution in [3.63, 3.8) is 0 Å². The molecule has 0 aliphatic carbocycles. The molecule has 9 heteroatoms. The van der Waals surface area contributed by atoms with Crippen LogP contribution in [0.1, 0.15) is 22.6 Å². The van der Waals surface area contributed by atoms with Crippen LogP contribution < -0.4 is 10.6 Å². The quantitative estimate of drug-likeness (QED) is 0.263. The molecule has 0 radical (unpaired) electrons. The van der Waals surface area contributed by atoms with Crippen LogP contribution in [0.15, 0.2) is 45.9 Å². The fraction of sp³-hybridized carbons (Fsp3) is 0.316. The van der Waals surface area contributed by atoms with Gasteiger partial charge in [-0.05, 0) is 50.2 Å². The number of hydrogen-bond donors (Lipinski definition) is 2. The lowest BCUT2D eigenvalue weighted by atomic mass is 10.2. The Morgan fingerprint density at radius 1 is 1.18 bits per heavy atom. The van der Waals surface area contributed by atoms with Crippen molar-refractivity contribution in [1.29, 1.82) is 0 Å². The lowest BCUT2D eigenvalue weighted by Crippen LogP contribution is -2.38. The van der Waals surface area contributed by atoms with Crippen LogP contribution in [0.4, 0.5) is 0 Å². The van der Waals surface area contributed by atoms with Gasteiger partial charge in [0.1, 0.15) is 0 Å². The standard InChI is InChI=1S/C19H22ClN5OS.HI/c1-3-21-19(23-12-16-9-4-13(2)27-16)22-11-10-17-24-18(25-26-17)14-5-7-15(20)8-6-14;/h4-9H,3,10-12H2,1-2H3,(H2,21,22,23);1H. The van der Waals surface area contributed by atoms with Crippen LogP contribution in [0.3, 0.4) is 0 Å². The second-order valence-electron chi connectivity index (χ2n) is 5.90. The van der Waals surface area contributed by atoms with Crippen LogP contribution >= 0.6 is 46.9 Å². The first-order valence-electron chi connectivity index (χ1n) is 8.80. The van der Waals surface area contributed by atoms with E-state index in [0.717, 1.165) is 18.1 Å². The van der Waals surface area contributed by atoms with Gasteiger partial charge in [-0.3, -0.25) is 0 Å². The summed E-state index contributed by atoms with van der Waals surface area (Å²) >= 11 is 7.67. The molecule has 0 aliphatic rings. The second-order valence-corrected chi connectivity index (χ2v) is 7.71. The van der Waals surface area contributed by atoms with Gasteiger partial charge in [-0.1, -0.05) is 16.8 Å². The van der Waals surface area contributed by atoms with E-state index in [1.165, 1.54) is 9.75 Å². The highest BCUT2D eigenvalue weighted by molar-refractivity contribution is 14.0. The zero-order valence-electron chi connectivity index (χ0n) is 15.7. The summed E-state index contributed by atoms with van der Waals surface area (Å²) in [6.45, 7) is 6.26. The summed E-state index contributed by atoms with van der Waals surface area (Å²) in [5.74, 6) is 1.92. The van der Waals surface area contributed by atoms with Gasteiger partial charge in [0.2, 0.25) is 11.7 Å². The first-order valence-corrected chi connectivity index (χ1v) is 9.99. The Bertz CT molecular complexity index is 894. The molecule has 6 nitrogen and oxygen atoms in total. The third-order valence-corrected chi connectivity index (χ3v) is 4.97. The van der Waals surface area contributed by atoms with E-state index >= 15 is 0 Å². The summed E-state index contributed by atoms with van der Waals surface area (Å²) < 4.78 is 5.33. The number of hydrogen-bond acceptors (Lipinski definition) is 5. The average Bonchev–Trinajstić information content (AvgIpc) is 3.29. The normalized spacial score (nSPS) is 11.2. The Morgan fingerprint density at radius 3 is 2.64 bits per heavy atom. The molecule has 0 unspecified atom stereocenters. The molecular formula is C19H23ClIN5OS. The number of nitrogens with one attached hydrogen (secondary N) is 2. The summed E-state index contributed by atoms with van der Waals surface area (Å²) in [7, 11) is 0.